The molecule has 2 heterocycles. The number of aromatic amines is 1. The Morgan fingerprint density at radius 1 is 1.04 bits per heavy atom. The number of para-hydroxylation sites is 2. The highest BCUT2D eigenvalue weighted by atomic mass is 35.5. The fourth-order valence-corrected chi connectivity index (χ4v) is 3.13. The number of H-pyrrole nitrogens is 1. The maximum absolute atomic E-state index is 6.14. The number of aromatic nitrogens is 4. The summed E-state index contributed by atoms with van der Waals surface area (Å²) < 4.78 is 5.29. The van der Waals surface area contributed by atoms with E-state index in [1.807, 2.05) is 42.5 Å². The van der Waals surface area contributed by atoms with Crippen LogP contribution < -0.4 is 0 Å². The largest absolute Gasteiger partial charge is 0.334 e. The van der Waals surface area contributed by atoms with Crippen LogP contribution in [0.15, 0.2) is 58.2 Å². The first-order chi connectivity index (χ1) is 11.3. The maximum atomic E-state index is 6.14. The molecule has 0 radical (unpaired) electrons. The fraction of sp³-hybridized carbons (Fsp3) is 0.0625. The van der Waals surface area contributed by atoms with Gasteiger partial charge < -0.3 is 9.51 Å². The predicted octanol–water partition coefficient (Wildman–Crippen LogP) is 4.56. The van der Waals surface area contributed by atoms with Crippen LogP contribution in [0.2, 0.25) is 5.02 Å². The Morgan fingerprint density at radius 3 is 2.74 bits per heavy atom. The molecule has 0 saturated carbocycles. The first kappa shape index (κ1) is 14.3. The standard InChI is InChI=1S/C16H11ClN4OS/c17-11-6-2-1-5-10(11)15-20-14(21-22-15)9-23-16-18-12-7-3-4-8-13(12)19-16/h1-8H,9H2,(H,18,19). The van der Waals surface area contributed by atoms with Gasteiger partial charge >= 0.3 is 0 Å². The zero-order chi connectivity index (χ0) is 15.6. The number of imidazole rings is 1. The van der Waals surface area contributed by atoms with Crippen LogP contribution in [0, 0.1) is 0 Å². The van der Waals surface area contributed by atoms with Crippen molar-refractivity contribution in [1.82, 2.24) is 20.1 Å². The second-order valence-electron chi connectivity index (χ2n) is 4.84. The third kappa shape index (κ3) is 2.95. The van der Waals surface area contributed by atoms with E-state index in [0.717, 1.165) is 21.8 Å². The van der Waals surface area contributed by atoms with Gasteiger partial charge in [-0.25, -0.2) is 4.98 Å². The van der Waals surface area contributed by atoms with Crippen LogP contribution in [-0.4, -0.2) is 20.1 Å². The monoisotopic (exact) mass is 342 g/mol. The van der Waals surface area contributed by atoms with Crippen molar-refractivity contribution in [3.63, 3.8) is 0 Å². The van der Waals surface area contributed by atoms with E-state index in [0.29, 0.717) is 22.5 Å². The van der Waals surface area contributed by atoms with E-state index in [4.69, 9.17) is 16.1 Å². The highest BCUT2D eigenvalue weighted by molar-refractivity contribution is 7.98. The number of nitrogens with one attached hydrogen (secondary N) is 1. The second-order valence-corrected chi connectivity index (χ2v) is 6.21. The number of thioether (sulfide) groups is 1. The Morgan fingerprint density at radius 2 is 1.87 bits per heavy atom. The van der Waals surface area contributed by atoms with Crippen LogP contribution in [0.5, 0.6) is 0 Å². The lowest BCUT2D eigenvalue weighted by Crippen LogP contribution is -1.85. The van der Waals surface area contributed by atoms with Gasteiger partial charge in [0.05, 0.1) is 27.4 Å². The summed E-state index contributed by atoms with van der Waals surface area (Å²) in [4.78, 5) is 12.2. The van der Waals surface area contributed by atoms with Crippen LogP contribution in [0.25, 0.3) is 22.5 Å². The van der Waals surface area contributed by atoms with E-state index in [-0.39, 0.29) is 0 Å². The highest BCUT2D eigenvalue weighted by Gasteiger charge is 2.12. The maximum Gasteiger partial charge on any atom is 0.259 e. The molecule has 0 unspecified atom stereocenters. The molecular weight excluding hydrogens is 332 g/mol. The quantitative estimate of drug-likeness (QED) is 0.551. The van der Waals surface area contributed by atoms with Crippen molar-refractivity contribution in [3.05, 3.63) is 59.4 Å². The lowest BCUT2D eigenvalue weighted by atomic mass is 10.2. The lowest BCUT2D eigenvalue weighted by molar-refractivity contribution is 0.425. The molecule has 2 aromatic heterocycles. The molecular formula is C16H11ClN4OS. The molecule has 0 fully saturated rings. The van der Waals surface area contributed by atoms with E-state index in [9.17, 15) is 0 Å². The van der Waals surface area contributed by atoms with Gasteiger partial charge in [0.15, 0.2) is 11.0 Å². The molecule has 1 N–H and O–H groups in total. The van der Waals surface area contributed by atoms with E-state index in [1.165, 1.54) is 11.8 Å². The van der Waals surface area contributed by atoms with Crippen molar-refractivity contribution < 1.29 is 4.52 Å². The van der Waals surface area contributed by atoms with Gasteiger partial charge in [-0.2, -0.15) is 4.98 Å². The average Bonchev–Trinajstić information content (AvgIpc) is 3.19. The first-order valence-corrected chi connectivity index (χ1v) is 8.31. The molecule has 0 amide bonds. The molecule has 0 bridgehead atoms. The normalized spacial score (nSPS) is 11.2. The Labute approximate surface area is 141 Å². The summed E-state index contributed by atoms with van der Waals surface area (Å²) in [6.07, 6.45) is 0. The topological polar surface area (TPSA) is 67.6 Å². The van der Waals surface area contributed by atoms with Gasteiger partial charge in [0, 0.05) is 0 Å². The van der Waals surface area contributed by atoms with Crippen LogP contribution in [0.4, 0.5) is 0 Å². The highest BCUT2D eigenvalue weighted by Crippen LogP contribution is 2.27. The van der Waals surface area contributed by atoms with E-state index >= 15 is 0 Å². The molecule has 4 rings (SSSR count). The van der Waals surface area contributed by atoms with Crippen LogP contribution in [-0.2, 0) is 5.75 Å². The van der Waals surface area contributed by atoms with Crippen molar-refractivity contribution in [2.45, 2.75) is 10.9 Å². The minimum atomic E-state index is 0.427. The summed E-state index contributed by atoms with van der Waals surface area (Å²) in [5.74, 6) is 1.59. The second kappa shape index (κ2) is 6.06. The average molecular weight is 343 g/mol. The van der Waals surface area contributed by atoms with Crippen LogP contribution in [0.3, 0.4) is 0 Å². The zero-order valence-electron chi connectivity index (χ0n) is 11.9. The van der Waals surface area contributed by atoms with E-state index in [2.05, 4.69) is 20.1 Å². The lowest BCUT2D eigenvalue weighted by Gasteiger charge is -1.95. The van der Waals surface area contributed by atoms with Gasteiger partial charge in [0.2, 0.25) is 0 Å². The fourth-order valence-electron chi connectivity index (χ4n) is 2.19. The summed E-state index contributed by atoms with van der Waals surface area (Å²) in [5, 5.41) is 5.41. The molecule has 7 heteroatoms. The van der Waals surface area contributed by atoms with Crippen molar-refractivity contribution in [2.24, 2.45) is 0 Å². The van der Waals surface area contributed by atoms with Gasteiger partial charge in [0.25, 0.3) is 5.89 Å². The van der Waals surface area contributed by atoms with E-state index in [1.54, 1.807) is 6.07 Å². The molecule has 4 aromatic rings. The first-order valence-electron chi connectivity index (χ1n) is 6.94. The number of nitrogens with zero attached hydrogens (tertiary/aromatic N) is 3. The Kier molecular flexibility index (Phi) is 3.77. The molecule has 2 aromatic carbocycles. The molecule has 23 heavy (non-hydrogen) atoms. The molecule has 5 nitrogen and oxygen atoms in total. The van der Waals surface area contributed by atoms with Gasteiger partial charge in [-0.3, -0.25) is 0 Å². The summed E-state index contributed by atoms with van der Waals surface area (Å²) in [5.41, 5.74) is 2.70. The number of hydrogen-bond donors (Lipinski definition) is 1. The smallest absolute Gasteiger partial charge is 0.259 e. The van der Waals surface area contributed by atoms with E-state index < -0.39 is 0 Å². The summed E-state index contributed by atoms with van der Waals surface area (Å²) >= 11 is 7.67. The minimum Gasteiger partial charge on any atom is -0.334 e. The molecule has 114 valence electrons. The SMILES string of the molecule is Clc1ccccc1-c1nc(CSc2nc3ccccc3[nH]2)no1. The van der Waals surface area contributed by atoms with Crippen molar-refractivity contribution in [1.29, 1.82) is 0 Å². The van der Waals surface area contributed by atoms with Gasteiger partial charge in [0.1, 0.15) is 0 Å². The number of fused-ring (bicyclic) bond motifs is 1. The van der Waals surface area contributed by atoms with Crippen molar-refractivity contribution in [3.8, 4) is 11.5 Å². The number of hydrogen-bond acceptors (Lipinski definition) is 5. The Bertz CT molecular complexity index is 932. The van der Waals surface area contributed by atoms with Crippen molar-refractivity contribution in [2.75, 3.05) is 0 Å². The molecule has 0 atom stereocenters. The summed E-state index contributed by atoms with van der Waals surface area (Å²) in [6.45, 7) is 0. The number of rotatable bonds is 4. The third-order valence-corrected chi connectivity index (χ3v) is 4.48. The van der Waals surface area contributed by atoms with Gasteiger partial charge in [-0.1, -0.05) is 52.8 Å². The number of halogens is 1. The predicted molar refractivity (Wildman–Crippen MR) is 90.4 cm³/mol. The zero-order valence-corrected chi connectivity index (χ0v) is 13.4. The molecule has 0 spiro atoms. The third-order valence-electron chi connectivity index (χ3n) is 3.28. The Hall–Kier alpha value is -2.31. The van der Waals surface area contributed by atoms with Crippen LogP contribution >= 0.6 is 23.4 Å². The minimum absolute atomic E-state index is 0.427. The Balaban J connectivity index is 1.51. The molecule has 0 aliphatic heterocycles. The van der Waals surface area contributed by atoms with Crippen molar-refractivity contribution >= 4 is 34.4 Å². The summed E-state index contributed by atoms with van der Waals surface area (Å²) in [7, 11) is 0. The summed E-state index contributed by atoms with van der Waals surface area (Å²) in [6, 6.07) is 15.3. The van der Waals surface area contributed by atoms with Gasteiger partial charge in [-0.05, 0) is 24.3 Å². The molecule has 0 saturated heterocycles. The molecule has 0 aliphatic rings. The van der Waals surface area contributed by atoms with Crippen LogP contribution in [0.1, 0.15) is 5.82 Å². The number of benzene rings is 2. The van der Waals surface area contributed by atoms with Gasteiger partial charge in [-0.15, -0.1) is 0 Å². The molecule has 0 aliphatic carbocycles.